The van der Waals surface area contributed by atoms with Crippen LogP contribution in [0.15, 0.2) is 36.4 Å². The number of benzene rings is 1. The first-order chi connectivity index (χ1) is 7.57. The number of ether oxygens (including phenoxy) is 1. The molecule has 0 spiro atoms. The lowest BCUT2D eigenvalue weighted by molar-refractivity contribution is -0.145. The summed E-state index contributed by atoms with van der Waals surface area (Å²) in [5.41, 5.74) is 0.624. The van der Waals surface area contributed by atoms with Gasteiger partial charge in [0.05, 0.1) is 0 Å². The summed E-state index contributed by atoms with van der Waals surface area (Å²) in [5, 5.41) is 0. The van der Waals surface area contributed by atoms with Gasteiger partial charge >= 0.3 is 5.97 Å². The summed E-state index contributed by atoms with van der Waals surface area (Å²) >= 11 is 2.16. The lowest BCUT2D eigenvalue weighted by Gasteiger charge is -2.25. The van der Waals surface area contributed by atoms with E-state index >= 15 is 0 Å². The molecule has 0 amide bonds. The number of rotatable bonds is 2. The van der Waals surface area contributed by atoms with Crippen molar-refractivity contribution < 1.29 is 13.9 Å². The smallest absolute Gasteiger partial charge is 0.334 e. The largest absolute Gasteiger partial charge is 0.450 e. The van der Waals surface area contributed by atoms with E-state index in [4.69, 9.17) is 4.74 Å². The summed E-state index contributed by atoms with van der Waals surface area (Å²) in [6, 6.07) is 6.05. The van der Waals surface area contributed by atoms with Crippen molar-refractivity contribution >= 4 is 28.6 Å². The highest BCUT2D eigenvalue weighted by Crippen LogP contribution is 2.40. The molecule has 1 heterocycles. The molecule has 1 aliphatic rings. The highest BCUT2D eigenvalue weighted by molar-refractivity contribution is 14.1. The highest BCUT2D eigenvalue weighted by Gasteiger charge is 2.43. The second kappa shape index (κ2) is 4.16. The minimum Gasteiger partial charge on any atom is -0.450 e. The number of hydrogen-bond acceptors (Lipinski definition) is 2. The number of carbonyl (C=O) groups is 1. The normalized spacial score (nSPS) is 24.6. The molecule has 2 nitrogen and oxygen atoms in total. The maximum Gasteiger partial charge on any atom is 0.334 e. The third-order valence-electron chi connectivity index (χ3n) is 2.66. The van der Waals surface area contributed by atoms with Gasteiger partial charge in [0.25, 0.3) is 0 Å². The Bertz CT molecular complexity index is 423. The van der Waals surface area contributed by atoms with E-state index in [-0.39, 0.29) is 11.8 Å². The minimum absolute atomic E-state index is 0.296. The summed E-state index contributed by atoms with van der Waals surface area (Å²) in [7, 11) is 0. The third kappa shape index (κ3) is 1.86. The van der Waals surface area contributed by atoms with Crippen molar-refractivity contribution in [2.24, 2.45) is 0 Å². The molecule has 4 heteroatoms. The number of cyclic esters (lactones) is 1. The van der Waals surface area contributed by atoms with E-state index in [2.05, 4.69) is 29.2 Å². The first-order valence-electron chi connectivity index (χ1n) is 4.80. The monoisotopic (exact) mass is 332 g/mol. The molecule has 1 aromatic rings. The summed E-state index contributed by atoms with van der Waals surface area (Å²) in [6.45, 7) is 3.67. The lowest BCUT2D eigenvalue weighted by atomic mass is 9.92. The number of carbonyl (C=O) groups excluding carboxylic acids is 1. The van der Waals surface area contributed by atoms with Gasteiger partial charge in [-0.05, 0) is 17.7 Å². The Morgan fingerprint density at radius 2 is 2.06 bits per heavy atom. The Hall–Kier alpha value is -0.910. The Kier molecular flexibility index (Phi) is 3.01. The van der Waals surface area contributed by atoms with E-state index < -0.39 is 5.60 Å². The van der Waals surface area contributed by atoms with Crippen LogP contribution in [0.2, 0.25) is 0 Å². The molecule has 16 heavy (non-hydrogen) atoms. The molecular formula is C12H10FIO2. The van der Waals surface area contributed by atoms with Gasteiger partial charge in [0.1, 0.15) is 5.82 Å². The van der Waals surface area contributed by atoms with Gasteiger partial charge in [0.2, 0.25) is 0 Å². The van der Waals surface area contributed by atoms with E-state index in [1.807, 2.05) is 0 Å². The molecule has 84 valence electrons. The predicted octanol–water partition coefficient (Wildman–Crippen LogP) is 2.96. The van der Waals surface area contributed by atoms with Crippen LogP contribution in [0.5, 0.6) is 0 Å². The van der Waals surface area contributed by atoms with Crippen molar-refractivity contribution in [2.75, 3.05) is 4.43 Å². The quantitative estimate of drug-likeness (QED) is 0.360. The van der Waals surface area contributed by atoms with Gasteiger partial charge in [-0.2, -0.15) is 0 Å². The zero-order chi connectivity index (χ0) is 11.8. The average Bonchev–Trinajstić information content (AvgIpc) is 2.57. The molecule has 1 saturated heterocycles. The van der Waals surface area contributed by atoms with Crippen LogP contribution in [0.25, 0.3) is 0 Å². The van der Waals surface area contributed by atoms with Crippen molar-refractivity contribution in [3.05, 3.63) is 47.8 Å². The van der Waals surface area contributed by atoms with Crippen LogP contribution < -0.4 is 0 Å². The van der Waals surface area contributed by atoms with Crippen molar-refractivity contribution in [1.82, 2.24) is 0 Å². The third-order valence-corrected chi connectivity index (χ3v) is 3.89. The molecule has 0 radical (unpaired) electrons. The summed E-state index contributed by atoms with van der Waals surface area (Å²) in [4.78, 5) is 11.4. The number of esters is 1. The van der Waals surface area contributed by atoms with Crippen LogP contribution in [-0.4, -0.2) is 10.4 Å². The fourth-order valence-corrected chi connectivity index (χ4v) is 2.63. The number of alkyl halides is 1. The van der Waals surface area contributed by atoms with Crippen molar-refractivity contribution in [1.29, 1.82) is 0 Å². The van der Waals surface area contributed by atoms with Gasteiger partial charge in [-0.1, -0.05) is 41.3 Å². The summed E-state index contributed by atoms with van der Waals surface area (Å²) in [6.07, 6.45) is 0.473. The molecular weight excluding hydrogens is 322 g/mol. The highest BCUT2D eigenvalue weighted by atomic mass is 127. The molecule has 1 fully saturated rings. The molecule has 0 aliphatic carbocycles. The molecule has 0 aromatic heterocycles. The number of halogens is 2. The molecule has 1 aromatic carbocycles. The fraction of sp³-hybridized carbons (Fsp3) is 0.250. The second-order valence-electron chi connectivity index (χ2n) is 3.80. The Balaban J connectivity index is 2.40. The molecule has 1 aliphatic heterocycles. The van der Waals surface area contributed by atoms with Gasteiger partial charge in [-0.3, -0.25) is 0 Å². The van der Waals surface area contributed by atoms with E-state index in [0.29, 0.717) is 16.4 Å². The zero-order valence-corrected chi connectivity index (χ0v) is 10.7. The first kappa shape index (κ1) is 11.6. The standard InChI is InChI=1S/C12H10FIO2/c1-8-6-12(7-14,16-11(8)15)9-2-4-10(13)5-3-9/h2-5H,1,6-7H2. The van der Waals surface area contributed by atoms with E-state index in [1.54, 1.807) is 12.1 Å². The maximum atomic E-state index is 12.8. The first-order valence-corrected chi connectivity index (χ1v) is 6.33. The Morgan fingerprint density at radius 3 is 2.50 bits per heavy atom. The van der Waals surface area contributed by atoms with Crippen molar-refractivity contribution in [3.63, 3.8) is 0 Å². The van der Waals surface area contributed by atoms with Gasteiger partial charge in [-0.25, -0.2) is 9.18 Å². The van der Waals surface area contributed by atoms with E-state index in [1.165, 1.54) is 12.1 Å². The Labute approximate surface area is 107 Å². The topological polar surface area (TPSA) is 26.3 Å². The zero-order valence-electron chi connectivity index (χ0n) is 8.50. The van der Waals surface area contributed by atoms with Crippen molar-refractivity contribution in [3.8, 4) is 0 Å². The Morgan fingerprint density at radius 1 is 1.44 bits per heavy atom. The van der Waals surface area contributed by atoms with Crippen molar-refractivity contribution in [2.45, 2.75) is 12.0 Å². The van der Waals surface area contributed by atoms with Crippen LogP contribution in [0.1, 0.15) is 12.0 Å². The van der Waals surface area contributed by atoms with Gasteiger partial charge in [-0.15, -0.1) is 0 Å². The van der Waals surface area contributed by atoms with E-state index in [9.17, 15) is 9.18 Å². The molecule has 0 N–H and O–H groups in total. The van der Waals surface area contributed by atoms with Crippen LogP contribution in [0, 0.1) is 5.82 Å². The lowest BCUT2D eigenvalue weighted by Crippen LogP contribution is -2.27. The van der Waals surface area contributed by atoms with Crippen LogP contribution in [-0.2, 0) is 15.1 Å². The van der Waals surface area contributed by atoms with Gasteiger partial charge in [0, 0.05) is 16.4 Å². The molecule has 0 bridgehead atoms. The molecule has 1 unspecified atom stereocenters. The van der Waals surface area contributed by atoms with Crippen LogP contribution in [0.3, 0.4) is 0 Å². The average molecular weight is 332 g/mol. The minimum atomic E-state index is -0.664. The summed E-state index contributed by atoms with van der Waals surface area (Å²) < 4.78 is 18.8. The predicted molar refractivity (Wildman–Crippen MR) is 66.8 cm³/mol. The van der Waals surface area contributed by atoms with Crippen LogP contribution >= 0.6 is 22.6 Å². The summed E-state index contributed by atoms with van der Waals surface area (Å²) in [5.74, 6) is -0.656. The fourth-order valence-electron chi connectivity index (χ4n) is 1.77. The van der Waals surface area contributed by atoms with Gasteiger partial charge < -0.3 is 4.74 Å². The van der Waals surface area contributed by atoms with E-state index in [0.717, 1.165) is 5.56 Å². The molecule has 0 saturated carbocycles. The second-order valence-corrected chi connectivity index (χ2v) is 4.57. The van der Waals surface area contributed by atoms with Crippen LogP contribution in [0.4, 0.5) is 4.39 Å². The molecule has 1 atom stereocenters. The SMILES string of the molecule is C=C1CC(CI)(c2ccc(F)cc2)OC1=O. The van der Waals surface area contributed by atoms with Gasteiger partial charge in [0.15, 0.2) is 5.60 Å². The number of hydrogen-bond donors (Lipinski definition) is 0. The maximum absolute atomic E-state index is 12.8. The molecule has 2 rings (SSSR count).